The number of hydrogen-bond acceptors (Lipinski definition) is 11. The zero-order valence-electron chi connectivity index (χ0n) is 37.8. The highest BCUT2D eigenvalue weighted by Crippen LogP contribution is 2.45. The van der Waals surface area contributed by atoms with Gasteiger partial charge in [0.25, 0.3) is 0 Å². The number of fused-ring (bicyclic) bond motifs is 6. The lowest BCUT2D eigenvalue weighted by atomic mass is 9.95. The molecule has 3 aromatic heterocycles. The number of benzene rings is 3. The SMILES string of the molecule is C[C@@H]1[C@H]2NCC[C@H]2CN1S(=O)(=O)c1cccc2cnccc12.C[C@H]1[C@@H]2CCC[C@@H]2CN1S(=O)(=O)c1cccc2cnccc12.C[C@H]1[C@@H]2NCC[C@@H]2CN1S(=O)(=O)c1cccc2cncc(F)c12. The summed E-state index contributed by atoms with van der Waals surface area (Å²) in [5.74, 6) is 1.24. The molecular formula is C49H57FN8O6S3. The van der Waals surface area contributed by atoms with Gasteiger partial charge in [0.1, 0.15) is 0 Å². The molecule has 6 fully saturated rings. The Kier molecular flexibility index (Phi) is 12.5. The molecule has 0 unspecified atom stereocenters. The van der Waals surface area contributed by atoms with Crippen molar-refractivity contribution in [1.29, 1.82) is 0 Å². The van der Waals surface area contributed by atoms with Gasteiger partial charge in [0.15, 0.2) is 5.82 Å². The summed E-state index contributed by atoms with van der Waals surface area (Å²) in [6.07, 6.45) is 14.9. The molecule has 5 saturated heterocycles. The number of nitrogens with zero attached hydrogens (tertiary/aromatic N) is 6. The third-order valence-electron chi connectivity index (χ3n) is 15.5. The van der Waals surface area contributed by atoms with Gasteiger partial charge in [-0.2, -0.15) is 12.9 Å². The highest BCUT2D eigenvalue weighted by molar-refractivity contribution is 7.90. The van der Waals surface area contributed by atoms with E-state index in [1.807, 2.05) is 26.0 Å². The van der Waals surface area contributed by atoms with Crippen molar-refractivity contribution in [1.82, 2.24) is 38.5 Å². The lowest BCUT2D eigenvalue weighted by Crippen LogP contribution is -2.42. The molecule has 3 aromatic carbocycles. The molecule has 354 valence electrons. The van der Waals surface area contributed by atoms with Crippen molar-refractivity contribution in [2.24, 2.45) is 23.7 Å². The van der Waals surface area contributed by atoms with Crippen molar-refractivity contribution in [3.8, 4) is 0 Å². The monoisotopic (exact) mass is 968 g/mol. The largest absolute Gasteiger partial charge is 0.312 e. The highest BCUT2D eigenvalue weighted by Gasteiger charge is 2.49. The van der Waals surface area contributed by atoms with E-state index in [0.717, 1.165) is 60.1 Å². The first-order chi connectivity index (χ1) is 32.2. The highest BCUT2D eigenvalue weighted by atomic mass is 32.2. The number of halogens is 1. The summed E-state index contributed by atoms with van der Waals surface area (Å²) in [7, 11) is -10.7. The molecule has 9 atom stereocenters. The first kappa shape index (κ1) is 46.2. The number of aromatic nitrogens is 3. The number of sulfonamides is 3. The van der Waals surface area contributed by atoms with Crippen LogP contribution in [0, 0.1) is 29.5 Å². The van der Waals surface area contributed by atoms with E-state index in [4.69, 9.17) is 0 Å². The maximum atomic E-state index is 14.2. The maximum Gasteiger partial charge on any atom is 0.244 e. The quantitative estimate of drug-likeness (QED) is 0.189. The summed E-state index contributed by atoms with van der Waals surface area (Å²) < 4.78 is 98.2. The Morgan fingerprint density at radius 2 is 0.985 bits per heavy atom. The minimum absolute atomic E-state index is 0.00501. The van der Waals surface area contributed by atoms with Gasteiger partial charge in [0.05, 0.1) is 20.9 Å². The lowest BCUT2D eigenvalue weighted by Gasteiger charge is -2.24. The average Bonchev–Trinajstić information content (AvgIpc) is 4.20. The maximum absolute atomic E-state index is 14.2. The van der Waals surface area contributed by atoms with E-state index in [-0.39, 0.29) is 40.5 Å². The number of pyridine rings is 3. The number of hydrogen-bond donors (Lipinski definition) is 2. The van der Waals surface area contributed by atoms with Crippen LogP contribution in [0.4, 0.5) is 4.39 Å². The van der Waals surface area contributed by atoms with E-state index in [1.165, 1.54) is 29.4 Å². The standard InChI is InChI=1S/C17H20N2O2S.C16H18FN3O2S.C16H19N3O2S/c1-12-15-6-2-5-14(15)11-19(12)22(20,21)17-7-3-4-13-10-18-9-8-16(13)17;1-10-16-12(5-6-19-16)9-20(10)23(21,22)14-4-2-3-11-7-18-8-13(17)15(11)14;1-11-16-13(5-8-18-16)10-19(11)22(20,21)15-4-2-3-12-9-17-7-6-14(12)15/h3-4,7-10,12,14-15H,2,5-6,11H2,1H3;2-4,7-8,10,12,16,19H,5-6,9H2,1H3;2-4,6-7,9,11,13,16,18H,5,8,10H2,1H3/t12-,14+,15-;10-,12+,16-;11-,13+,16-/m001/s1. The van der Waals surface area contributed by atoms with Crippen molar-refractivity contribution >= 4 is 62.4 Å². The third-order valence-corrected chi connectivity index (χ3v) is 21.5. The Bertz CT molecular complexity index is 3030. The fourth-order valence-electron chi connectivity index (χ4n) is 12.1. The van der Waals surface area contributed by atoms with Crippen LogP contribution in [-0.2, 0) is 30.1 Å². The third kappa shape index (κ3) is 8.14. The molecule has 18 heteroatoms. The zero-order chi connectivity index (χ0) is 46.8. The molecule has 8 heterocycles. The molecule has 0 radical (unpaired) electrons. The summed E-state index contributed by atoms with van der Waals surface area (Å²) in [6.45, 7) is 9.70. The molecule has 0 bridgehead atoms. The predicted octanol–water partition coefficient (Wildman–Crippen LogP) is 6.39. The van der Waals surface area contributed by atoms with Crippen LogP contribution in [0.2, 0.25) is 0 Å². The first-order valence-corrected chi connectivity index (χ1v) is 27.7. The zero-order valence-corrected chi connectivity index (χ0v) is 40.3. The van der Waals surface area contributed by atoms with Crippen LogP contribution in [0.5, 0.6) is 0 Å². The number of rotatable bonds is 6. The minimum Gasteiger partial charge on any atom is -0.312 e. The summed E-state index contributed by atoms with van der Waals surface area (Å²) in [6, 6.07) is 19.6. The average molecular weight is 969 g/mol. The van der Waals surface area contributed by atoms with E-state index >= 15 is 0 Å². The van der Waals surface area contributed by atoms with Crippen molar-refractivity contribution in [2.45, 2.75) is 97.8 Å². The molecule has 14 nitrogen and oxygen atoms in total. The second kappa shape index (κ2) is 18.1. The van der Waals surface area contributed by atoms with E-state index in [0.29, 0.717) is 58.5 Å². The van der Waals surface area contributed by atoms with Gasteiger partial charge in [-0.15, -0.1) is 0 Å². The summed E-state index contributed by atoms with van der Waals surface area (Å²) >= 11 is 0. The molecule has 67 heavy (non-hydrogen) atoms. The second-order valence-electron chi connectivity index (χ2n) is 19.0. The molecule has 1 saturated carbocycles. The molecule has 12 rings (SSSR count). The van der Waals surface area contributed by atoms with Gasteiger partial charge in [-0.25, -0.2) is 29.6 Å². The molecule has 0 spiro atoms. The number of nitrogens with one attached hydrogen (secondary N) is 2. The van der Waals surface area contributed by atoms with E-state index < -0.39 is 35.9 Å². The van der Waals surface area contributed by atoms with Crippen molar-refractivity contribution in [3.05, 3.63) is 110 Å². The Morgan fingerprint density at radius 3 is 1.51 bits per heavy atom. The van der Waals surface area contributed by atoms with Gasteiger partial charge in [-0.1, -0.05) is 42.8 Å². The van der Waals surface area contributed by atoms with Crippen LogP contribution in [0.3, 0.4) is 0 Å². The van der Waals surface area contributed by atoms with E-state index in [2.05, 4.69) is 32.5 Å². The first-order valence-electron chi connectivity index (χ1n) is 23.4. The minimum atomic E-state index is -3.75. The molecule has 0 amide bonds. The smallest absolute Gasteiger partial charge is 0.244 e. The van der Waals surface area contributed by atoms with Gasteiger partial charge in [0, 0.05) is 113 Å². The van der Waals surface area contributed by atoms with E-state index in [9.17, 15) is 29.6 Å². The van der Waals surface area contributed by atoms with Crippen LogP contribution in [0.15, 0.2) is 119 Å². The van der Waals surface area contributed by atoms with Gasteiger partial charge in [-0.3, -0.25) is 15.0 Å². The molecular weight excluding hydrogens is 912 g/mol. The fourth-order valence-corrected chi connectivity index (χ4v) is 17.9. The van der Waals surface area contributed by atoms with Gasteiger partial charge in [0.2, 0.25) is 30.1 Å². The van der Waals surface area contributed by atoms with Crippen molar-refractivity contribution in [2.75, 3.05) is 32.7 Å². The fraction of sp³-hybridized carbons (Fsp3) is 0.449. The van der Waals surface area contributed by atoms with Crippen LogP contribution < -0.4 is 10.6 Å². The summed E-state index contributed by atoms with van der Waals surface area (Å²) in [5.41, 5.74) is 0. The summed E-state index contributed by atoms with van der Waals surface area (Å²) in [5, 5.41) is 10.7. The van der Waals surface area contributed by atoms with Gasteiger partial charge >= 0.3 is 0 Å². The second-order valence-corrected chi connectivity index (χ2v) is 24.6. The molecule has 5 aliphatic heterocycles. The van der Waals surface area contributed by atoms with Crippen molar-refractivity contribution < 1.29 is 29.6 Å². The van der Waals surface area contributed by atoms with Crippen molar-refractivity contribution in [3.63, 3.8) is 0 Å². The Hall–Kier alpha value is -4.53. The normalized spacial score (nSPS) is 28.8. The van der Waals surface area contributed by atoms with Crippen LogP contribution in [0.25, 0.3) is 32.3 Å². The summed E-state index contributed by atoms with van der Waals surface area (Å²) in [4.78, 5) is 12.8. The topological polar surface area (TPSA) is 175 Å². The Balaban J connectivity index is 0.000000118. The predicted molar refractivity (Wildman–Crippen MR) is 256 cm³/mol. The molecule has 2 N–H and O–H groups in total. The van der Waals surface area contributed by atoms with Crippen LogP contribution in [-0.4, -0.2) is 116 Å². The molecule has 6 aromatic rings. The Morgan fingerprint density at radius 1 is 0.522 bits per heavy atom. The van der Waals surface area contributed by atoms with Gasteiger partial charge in [-0.05, 0) is 114 Å². The lowest BCUT2D eigenvalue weighted by molar-refractivity contribution is 0.353. The van der Waals surface area contributed by atoms with E-state index in [1.54, 1.807) is 81.9 Å². The van der Waals surface area contributed by atoms with Crippen LogP contribution in [0.1, 0.15) is 52.9 Å². The van der Waals surface area contributed by atoms with Gasteiger partial charge < -0.3 is 10.6 Å². The van der Waals surface area contributed by atoms with Crippen LogP contribution >= 0.6 is 0 Å². The Labute approximate surface area is 392 Å². The molecule has 1 aliphatic carbocycles. The molecule has 6 aliphatic rings.